The Morgan fingerprint density at radius 1 is 1.13 bits per heavy atom. The monoisotopic (exact) mass is 529 g/mol. The maximum Gasteiger partial charge on any atom is 0.255 e. The molecule has 0 radical (unpaired) electrons. The Morgan fingerprint density at radius 2 is 1.95 bits per heavy atom. The largest absolute Gasteiger partial charge is 0.496 e. The standard InChI is InChI=1S/C29H28ClN5O3/c1-16-4-8-23-18(12-16)10-11-35-28(33-23)25(27(31)36)26(34-35)19-5-6-20(17(2)13-19)15-32-29(37)22-14-21(30)7-9-24(22)38-3/h4-9,12-14,33H,10-11,15H2,1-3H3,(H2,31,36)(H,32,37). The summed E-state index contributed by atoms with van der Waals surface area (Å²) in [7, 11) is 1.51. The van der Waals surface area contributed by atoms with E-state index in [0.717, 1.165) is 28.8 Å². The van der Waals surface area contributed by atoms with E-state index >= 15 is 0 Å². The van der Waals surface area contributed by atoms with Crippen LogP contribution in [-0.2, 0) is 19.5 Å². The first-order chi connectivity index (χ1) is 18.2. The van der Waals surface area contributed by atoms with E-state index in [9.17, 15) is 9.59 Å². The number of amides is 2. The zero-order chi connectivity index (χ0) is 27.0. The lowest BCUT2D eigenvalue weighted by Crippen LogP contribution is -2.23. The predicted molar refractivity (Wildman–Crippen MR) is 148 cm³/mol. The van der Waals surface area contributed by atoms with Crippen molar-refractivity contribution >= 4 is 34.9 Å². The number of carbonyl (C=O) groups is 2. The van der Waals surface area contributed by atoms with E-state index in [0.29, 0.717) is 46.5 Å². The first kappa shape index (κ1) is 25.4. The van der Waals surface area contributed by atoms with Crippen LogP contribution in [0.25, 0.3) is 11.3 Å². The van der Waals surface area contributed by atoms with Crippen molar-refractivity contribution in [3.63, 3.8) is 0 Å². The fourth-order valence-corrected chi connectivity index (χ4v) is 4.93. The Hall–Kier alpha value is -4.30. The van der Waals surface area contributed by atoms with E-state index in [2.05, 4.69) is 23.6 Å². The summed E-state index contributed by atoms with van der Waals surface area (Å²) in [4.78, 5) is 25.4. The number of fused-ring (bicyclic) bond motifs is 2. The van der Waals surface area contributed by atoms with Crippen LogP contribution in [0.15, 0.2) is 54.6 Å². The van der Waals surface area contributed by atoms with Crippen molar-refractivity contribution in [1.82, 2.24) is 15.1 Å². The lowest BCUT2D eigenvalue weighted by atomic mass is 10.0. The lowest BCUT2D eigenvalue weighted by molar-refractivity contribution is 0.0946. The van der Waals surface area contributed by atoms with Gasteiger partial charge in [0.15, 0.2) is 0 Å². The number of nitrogens with zero attached hydrogens (tertiary/aromatic N) is 2. The molecule has 0 unspecified atom stereocenters. The summed E-state index contributed by atoms with van der Waals surface area (Å²) in [5, 5.41) is 11.5. The number of carbonyl (C=O) groups excluding carboxylic acids is 2. The van der Waals surface area contributed by atoms with E-state index in [1.54, 1.807) is 18.2 Å². The Labute approximate surface area is 225 Å². The molecule has 0 bridgehead atoms. The Kier molecular flexibility index (Phi) is 6.82. The van der Waals surface area contributed by atoms with Crippen LogP contribution in [0.2, 0.25) is 5.02 Å². The second-order valence-corrected chi connectivity index (χ2v) is 9.80. The fraction of sp³-hybridized carbons (Fsp3) is 0.207. The number of nitrogens with two attached hydrogens (primary N) is 1. The number of aromatic nitrogens is 2. The number of nitrogens with one attached hydrogen (secondary N) is 2. The zero-order valence-corrected chi connectivity index (χ0v) is 22.1. The molecule has 1 aliphatic heterocycles. The summed E-state index contributed by atoms with van der Waals surface area (Å²) in [5.41, 5.74) is 13.0. The minimum Gasteiger partial charge on any atom is -0.496 e. The van der Waals surface area contributed by atoms with Gasteiger partial charge < -0.3 is 21.1 Å². The van der Waals surface area contributed by atoms with Crippen molar-refractivity contribution < 1.29 is 14.3 Å². The molecular formula is C29H28ClN5O3. The van der Waals surface area contributed by atoms with Gasteiger partial charge in [-0.25, -0.2) is 4.68 Å². The van der Waals surface area contributed by atoms with Gasteiger partial charge in [-0.3, -0.25) is 9.59 Å². The summed E-state index contributed by atoms with van der Waals surface area (Å²) in [5.74, 6) is 0.209. The second-order valence-electron chi connectivity index (χ2n) is 9.36. The molecule has 1 aliphatic rings. The van der Waals surface area contributed by atoms with Crippen molar-refractivity contribution in [3.05, 3.63) is 93.0 Å². The highest BCUT2D eigenvalue weighted by Gasteiger charge is 2.26. The summed E-state index contributed by atoms with van der Waals surface area (Å²) in [6, 6.07) is 16.9. The van der Waals surface area contributed by atoms with Crippen molar-refractivity contribution in [2.45, 2.75) is 33.4 Å². The number of aryl methyl sites for hydroxylation is 4. The average Bonchev–Trinajstić information content (AvgIpc) is 3.16. The third-order valence-corrected chi connectivity index (χ3v) is 7.00. The normalized spacial score (nSPS) is 12.1. The molecule has 0 fully saturated rings. The van der Waals surface area contributed by atoms with Crippen molar-refractivity contribution in [2.75, 3.05) is 12.4 Å². The van der Waals surface area contributed by atoms with Gasteiger partial charge in [-0.2, -0.15) is 5.10 Å². The van der Waals surface area contributed by atoms with Gasteiger partial charge in [0.2, 0.25) is 0 Å². The number of hydrogen-bond acceptors (Lipinski definition) is 5. The zero-order valence-electron chi connectivity index (χ0n) is 21.4. The smallest absolute Gasteiger partial charge is 0.255 e. The average molecular weight is 530 g/mol. The molecule has 0 aliphatic carbocycles. The van der Waals surface area contributed by atoms with Crippen LogP contribution in [0.3, 0.4) is 0 Å². The highest BCUT2D eigenvalue weighted by Crippen LogP contribution is 2.35. The van der Waals surface area contributed by atoms with Crippen molar-refractivity contribution in [2.24, 2.45) is 5.73 Å². The Balaban J connectivity index is 1.41. The summed E-state index contributed by atoms with van der Waals surface area (Å²) < 4.78 is 7.10. The summed E-state index contributed by atoms with van der Waals surface area (Å²) >= 11 is 6.07. The summed E-state index contributed by atoms with van der Waals surface area (Å²) in [6.45, 7) is 4.94. The molecule has 0 saturated heterocycles. The molecular weight excluding hydrogens is 502 g/mol. The lowest BCUT2D eigenvalue weighted by Gasteiger charge is -2.12. The number of benzene rings is 3. The third-order valence-electron chi connectivity index (χ3n) is 6.77. The third kappa shape index (κ3) is 4.82. The van der Waals surface area contributed by atoms with Crippen LogP contribution in [-0.4, -0.2) is 28.7 Å². The van der Waals surface area contributed by atoms with Crippen molar-refractivity contribution in [3.8, 4) is 17.0 Å². The predicted octanol–water partition coefficient (Wildman–Crippen LogP) is 5.16. The number of rotatable bonds is 6. The molecule has 0 saturated carbocycles. The molecule has 4 aromatic rings. The highest BCUT2D eigenvalue weighted by molar-refractivity contribution is 6.31. The number of halogens is 1. The number of methoxy groups -OCH3 is 1. The SMILES string of the molecule is COc1ccc(Cl)cc1C(=O)NCc1ccc(-c2nn3c(c2C(N)=O)Nc2ccc(C)cc2CC3)cc1C. The first-order valence-electron chi connectivity index (χ1n) is 12.2. The van der Waals surface area contributed by atoms with E-state index in [-0.39, 0.29) is 5.91 Å². The molecule has 3 aromatic carbocycles. The molecule has 0 atom stereocenters. The Morgan fingerprint density at radius 3 is 2.68 bits per heavy atom. The topological polar surface area (TPSA) is 111 Å². The molecule has 194 valence electrons. The van der Waals surface area contributed by atoms with Crippen LogP contribution in [0.1, 0.15) is 43.0 Å². The second kappa shape index (κ2) is 10.2. The van der Waals surface area contributed by atoms with Gasteiger partial charge in [0, 0.05) is 29.4 Å². The maximum atomic E-state index is 12.8. The van der Waals surface area contributed by atoms with Gasteiger partial charge in [0.25, 0.3) is 11.8 Å². The van der Waals surface area contributed by atoms with Crippen LogP contribution >= 0.6 is 11.6 Å². The fourth-order valence-electron chi connectivity index (χ4n) is 4.76. The molecule has 2 heterocycles. The van der Waals surface area contributed by atoms with Gasteiger partial charge >= 0.3 is 0 Å². The first-order valence-corrected chi connectivity index (χ1v) is 12.6. The maximum absolute atomic E-state index is 12.8. The van der Waals surface area contributed by atoms with Gasteiger partial charge in [-0.05, 0) is 67.3 Å². The quantitative estimate of drug-likeness (QED) is 0.319. The number of hydrogen-bond donors (Lipinski definition) is 3. The highest BCUT2D eigenvalue weighted by atomic mass is 35.5. The van der Waals surface area contributed by atoms with E-state index < -0.39 is 5.91 Å². The van der Waals surface area contributed by atoms with Gasteiger partial charge in [-0.1, -0.05) is 41.4 Å². The summed E-state index contributed by atoms with van der Waals surface area (Å²) in [6.07, 6.45) is 0.783. The minimum atomic E-state index is -0.547. The minimum absolute atomic E-state index is 0.289. The van der Waals surface area contributed by atoms with Gasteiger partial charge in [0.1, 0.15) is 22.8 Å². The van der Waals surface area contributed by atoms with E-state index in [1.807, 2.05) is 41.9 Å². The molecule has 2 amide bonds. The van der Waals surface area contributed by atoms with Gasteiger partial charge in [-0.15, -0.1) is 0 Å². The molecule has 38 heavy (non-hydrogen) atoms. The molecule has 4 N–H and O–H groups in total. The van der Waals surface area contributed by atoms with Crippen molar-refractivity contribution in [1.29, 1.82) is 0 Å². The van der Waals surface area contributed by atoms with E-state index in [4.69, 9.17) is 27.2 Å². The van der Waals surface area contributed by atoms with E-state index in [1.165, 1.54) is 18.2 Å². The molecule has 8 nitrogen and oxygen atoms in total. The number of ether oxygens (including phenoxy) is 1. The van der Waals surface area contributed by atoms with Crippen LogP contribution in [0.4, 0.5) is 11.5 Å². The van der Waals surface area contributed by atoms with Crippen LogP contribution < -0.4 is 21.1 Å². The van der Waals surface area contributed by atoms with Crippen LogP contribution in [0.5, 0.6) is 5.75 Å². The molecule has 0 spiro atoms. The van der Waals surface area contributed by atoms with Crippen LogP contribution in [0, 0.1) is 13.8 Å². The number of primary amides is 1. The Bertz CT molecular complexity index is 1580. The molecule has 5 rings (SSSR count). The van der Waals surface area contributed by atoms with Gasteiger partial charge in [0.05, 0.1) is 12.7 Å². The molecule has 9 heteroatoms. The molecule has 1 aromatic heterocycles. The number of anilines is 2.